The van der Waals surface area contributed by atoms with Crippen LogP contribution in [0.3, 0.4) is 0 Å². The van der Waals surface area contributed by atoms with E-state index < -0.39 is 16.0 Å². The second-order valence-electron chi connectivity index (χ2n) is 3.45. The van der Waals surface area contributed by atoms with Crippen molar-refractivity contribution in [3.63, 3.8) is 0 Å². The predicted molar refractivity (Wildman–Crippen MR) is 62.1 cm³/mol. The van der Waals surface area contributed by atoms with E-state index in [4.69, 9.17) is 5.11 Å². The van der Waals surface area contributed by atoms with E-state index in [1.807, 2.05) is 0 Å². The van der Waals surface area contributed by atoms with E-state index in [1.54, 1.807) is 6.92 Å². The monoisotopic (exact) mass is 235 g/mol. The van der Waals surface area contributed by atoms with Crippen LogP contribution in [0, 0.1) is 0 Å². The van der Waals surface area contributed by atoms with E-state index in [9.17, 15) is 9.00 Å². The van der Waals surface area contributed by atoms with Crippen molar-refractivity contribution < 1.29 is 14.1 Å². The highest BCUT2D eigenvalue weighted by molar-refractivity contribution is 7.86. The Morgan fingerprint density at radius 2 is 2.13 bits per heavy atom. The van der Waals surface area contributed by atoms with Crippen LogP contribution in [0.1, 0.15) is 33.1 Å². The number of carbonyl (C=O) groups is 1. The predicted octanol–water partition coefficient (Wildman–Crippen LogP) is 0.422. The van der Waals surface area contributed by atoms with Crippen molar-refractivity contribution in [3.8, 4) is 0 Å². The molecule has 0 radical (unpaired) electrons. The molecule has 4 nitrogen and oxygen atoms in total. The third kappa shape index (κ3) is 6.62. The first-order valence-electron chi connectivity index (χ1n) is 5.39. The molecule has 5 heteroatoms. The van der Waals surface area contributed by atoms with Crippen LogP contribution in [0.25, 0.3) is 0 Å². The molecule has 0 heterocycles. The third-order valence-corrected chi connectivity index (χ3v) is 3.72. The smallest absolute Gasteiger partial charge is 0.235 e. The summed E-state index contributed by atoms with van der Waals surface area (Å²) in [5.74, 6) is -0.0123. The fraction of sp³-hybridized carbons (Fsp3) is 0.900. The Bertz CT molecular complexity index is 209. The Morgan fingerprint density at radius 1 is 1.47 bits per heavy atom. The highest BCUT2D eigenvalue weighted by atomic mass is 32.2. The SMILES string of the molecule is CCCCCNC(=O)C(C)S(=O)CCO. The summed E-state index contributed by atoms with van der Waals surface area (Å²) in [6, 6.07) is 0. The molecule has 15 heavy (non-hydrogen) atoms. The number of hydrogen-bond acceptors (Lipinski definition) is 3. The lowest BCUT2D eigenvalue weighted by molar-refractivity contribution is -0.120. The zero-order valence-corrected chi connectivity index (χ0v) is 10.3. The summed E-state index contributed by atoms with van der Waals surface area (Å²) in [7, 11) is -1.26. The summed E-state index contributed by atoms with van der Waals surface area (Å²) in [6.07, 6.45) is 3.16. The van der Waals surface area contributed by atoms with Crippen molar-refractivity contribution in [2.75, 3.05) is 18.9 Å². The van der Waals surface area contributed by atoms with Gasteiger partial charge in [0.25, 0.3) is 0 Å². The fourth-order valence-electron chi connectivity index (χ4n) is 1.12. The van der Waals surface area contributed by atoms with Crippen LogP contribution in [0.2, 0.25) is 0 Å². The number of carbonyl (C=O) groups excluding carboxylic acids is 1. The summed E-state index contributed by atoms with van der Waals surface area (Å²) in [5.41, 5.74) is 0. The molecule has 0 aliphatic rings. The largest absolute Gasteiger partial charge is 0.395 e. The minimum atomic E-state index is -1.26. The van der Waals surface area contributed by atoms with Gasteiger partial charge in [-0.25, -0.2) is 0 Å². The van der Waals surface area contributed by atoms with Gasteiger partial charge in [-0.15, -0.1) is 0 Å². The molecule has 0 spiro atoms. The molecule has 2 atom stereocenters. The molecule has 0 rings (SSSR count). The standard InChI is InChI=1S/C10H21NO3S/c1-3-4-5-6-11-10(13)9(2)15(14)8-7-12/h9,12H,3-8H2,1-2H3,(H,11,13). The maximum absolute atomic E-state index is 11.4. The van der Waals surface area contributed by atoms with E-state index in [0.717, 1.165) is 19.3 Å². The Hall–Kier alpha value is -0.420. The van der Waals surface area contributed by atoms with Gasteiger partial charge in [-0.2, -0.15) is 0 Å². The first-order chi connectivity index (χ1) is 7.13. The lowest BCUT2D eigenvalue weighted by Crippen LogP contribution is -2.37. The van der Waals surface area contributed by atoms with Gasteiger partial charge in [0.2, 0.25) is 5.91 Å². The molecule has 0 aromatic rings. The highest BCUT2D eigenvalue weighted by Crippen LogP contribution is 1.97. The zero-order chi connectivity index (χ0) is 11.7. The molecular weight excluding hydrogens is 214 g/mol. The van der Waals surface area contributed by atoms with Gasteiger partial charge in [-0.3, -0.25) is 9.00 Å². The normalized spacial score (nSPS) is 14.6. The first-order valence-corrected chi connectivity index (χ1v) is 6.77. The lowest BCUT2D eigenvalue weighted by Gasteiger charge is -2.11. The first kappa shape index (κ1) is 14.6. The average molecular weight is 235 g/mol. The second-order valence-corrected chi connectivity index (χ2v) is 5.33. The molecule has 0 aliphatic heterocycles. The number of hydrogen-bond donors (Lipinski definition) is 2. The van der Waals surface area contributed by atoms with Gasteiger partial charge < -0.3 is 10.4 Å². The van der Waals surface area contributed by atoms with Crippen molar-refractivity contribution >= 4 is 16.7 Å². The number of rotatable bonds is 8. The van der Waals surface area contributed by atoms with Crippen molar-refractivity contribution in [2.45, 2.75) is 38.4 Å². The van der Waals surface area contributed by atoms with E-state index in [0.29, 0.717) is 6.54 Å². The Kier molecular flexibility index (Phi) is 8.61. The number of nitrogens with one attached hydrogen (secondary N) is 1. The Labute approximate surface area is 93.9 Å². The maximum Gasteiger partial charge on any atom is 0.235 e. The van der Waals surface area contributed by atoms with Crippen molar-refractivity contribution in [3.05, 3.63) is 0 Å². The summed E-state index contributed by atoms with van der Waals surface area (Å²) in [4.78, 5) is 11.4. The number of aliphatic hydroxyl groups is 1. The minimum Gasteiger partial charge on any atom is -0.395 e. The molecule has 0 saturated carbocycles. The van der Waals surface area contributed by atoms with Crippen LogP contribution < -0.4 is 5.32 Å². The van der Waals surface area contributed by atoms with Crippen LogP contribution in [-0.2, 0) is 15.6 Å². The van der Waals surface area contributed by atoms with Crippen molar-refractivity contribution in [1.29, 1.82) is 0 Å². The molecule has 2 N–H and O–H groups in total. The maximum atomic E-state index is 11.4. The minimum absolute atomic E-state index is 0.139. The molecule has 2 unspecified atom stereocenters. The molecule has 0 aromatic heterocycles. The van der Waals surface area contributed by atoms with E-state index in [1.165, 1.54) is 0 Å². The molecule has 90 valence electrons. The molecule has 0 aromatic carbocycles. The van der Waals surface area contributed by atoms with Gasteiger partial charge in [0.15, 0.2) is 0 Å². The van der Waals surface area contributed by atoms with Gasteiger partial charge in [-0.05, 0) is 13.3 Å². The van der Waals surface area contributed by atoms with E-state index >= 15 is 0 Å². The molecule has 1 amide bonds. The lowest BCUT2D eigenvalue weighted by atomic mass is 10.2. The Morgan fingerprint density at radius 3 is 2.67 bits per heavy atom. The molecule has 0 bridgehead atoms. The van der Waals surface area contributed by atoms with Crippen LogP contribution in [0.5, 0.6) is 0 Å². The zero-order valence-electron chi connectivity index (χ0n) is 9.49. The summed E-state index contributed by atoms with van der Waals surface area (Å²) in [6.45, 7) is 4.23. The molecule has 0 saturated heterocycles. The molecule has 0 fully saturated rings. The van der Waals surface area contributed by atoms with Gasteiger partial charge in [0.05, 0.1) is 6.61 Å². The van der Waals surface area contributed by atoms with Crippen LogP contribution in [0.4, 0.5) is 0 Å². The van der Waals surface area contributed by atoms with Crippen molar-refractivity contribution in [1.82, 2.24) is 5.32 Å². The summed E-state index contributed by atoms with van der Waals surface area (Å²) in [5, 5.41) is 10.8. The van der Waals surface area contributed by atoms with Crippen LogP contribution >= 0.6 is 0 Å². The van der Waals surface area contributed by atoms with E-state index in [2.05, 4.69) is 12.2 Å². The van der Waals surface area contributed by atoms with Crippen molar-refractivity contribution in [2.24, 2.45) is 0 Å². The van der Waals surface area contributed by atoms with E-state index in [-0.39, 0.29) is 18.3 Å². The topological polar surface area (TPSA) is 66.4 Å². The number of aliphatic hydroxyl groups excluding tert-OH is 1. The second kappa shape index (κ2) is 8.85. The molecular formula is C10H21NO3S. The fourth-order valence-corrected chi connectivity index (χ4v) is 1.97. The van der Waals surface area contributed by atoms with Crippen LogP contribution in [0.15, 0.2) is 0 Å². The van der Waals surface area contributed by atoms with Crippen LogP contribution in [-0.4, -0.2) is 39.4 Å². The van der Waals surface area contributed by atoms with Gasteiger partial charge >= 0.3 is 0 Å². The van der Waals surface area contributed by atoms with Gasteiger partial charge in [0.1, 0.15) is 5.25 Å². The quantitative estimate of drug-likeness (QED) is 0.599. The molecule has 0 aliphatic carbocycles. The summed E-state index contributed by atoms with van der Waals surface area (Å²) >= 11 is 0. The highest BCUT2D eigenvalue weighted by Gasteiger charge is 2.18. The Balaban J connectivity index is 3.73. The average Bonchev–Trinajstić information content (AvgIpc) is 2.23. The van der Waals surface area contributed by atoms with Gasteiger partial charge in [0, 0.05) is 23.1 Å². The van der Waals surface area contributed by atoms with Gasteiger partial charge in [-0.1, -0.05) is 19.8 Å². The number of amides is 1. The number of unbranched alkanes of at least 4 members (excludes halogenated alkanes) is 2. The third-order valence-electron chi connectivity index (χ3n) is 2.14. The summed E-state index contributed by atoms with van der Waals surface area (Å²) < 4.78 is 11.4.